The molecular weight excluding hydrogens is 370 g/mol. The van der Waals surface area contributed by atoms with Gasteiger partial charge >= 0.3 is 11.7 Å². The molecular formula is C22H23N3O4. The van der Waals surface area contributed by atoms with E-state index in [0.29, 0.717) is 16.6 Å². The fourth-order valence-corrected chi connectivity index (χ4v) is 4.13. The van der Waals surface area contributed by atoms with Gasteiger partial charge in [0.25, 0.3) is 5.91 Å². The highest BCUT2D eigenvalue weighted by molar-refractivity contribution is 5.97. The van der Waals surface area contributed by atoms with Crippen molar-refractivity contribution in [2.75, 3.05) is 6.54 Å². The minimum atomic E-state index is -0.995. The number of imidazole rings is 1. The largest absolute Gasteiger partial charge is 0.481 e. The van der Waals surface area contributed by atoms with Gasteiger partial charge in [0, 0.05) is 18.2 Å². The van der Waals surface area contributed by atoms with Crippen LogP contribution < -0.4 is 11.0 Å². The van der Waals surface area contributed by atoms with E-state index in [1.165, 1.54) is 0 Å². The van der Waals surface area contributed by atoms with Gasteiger partial charge in [-0.1, -0.05) is 43.2 Å². The fraction of sp³-hybridized carbons (Fsp3) is 0.318. The van der Waals surface area contributed by atoms with E-state index in [1.807, 2.05) is 6.07 Å². The maximum atomic E-state index is 12.6. The molecule has 1 atom stereocenters. The number of carboxylic acids is 1. The zero-order valence-electron chi connectivity index (χ0n) is 15.9. The number of aromatic amines is 1. The first kappa shape index (κ1) is 19.0. The summed E-state index contributed by atoms with van der Waals surface area (Å²) in [5, 5.41) is 12.2. The number of aliphatic carboxylic acids is 1. The van der Waals surface area contributed by atoms with Crippen LogP contribution in [0.3, 0.4) is 0 Å². The summed E-state index contributed by atoms with van der Waals surface area (Å²) in [6.07, 6.45) is 4.23. The maximum absolute atomic E-state index is 12.6. The summed E-state index contributed by atoms with van der Waals surface area (Å²) in [5.74, 6) is -2.19. The Hall–Kier alpha value is -3.35. The lowest BCUT2D eigenvalue weighted by molar-refractivity contribution is -0.138. The molecule has 1 saturated carbocycles. The lowest BCUT2D eigenvalue weighted by Crippen LogP contribution is -2.31. The number of nitrogens with one attached hydrogen (secondary N) is 2. The summed E-state index contributed by atoms with van der Waals surface area (Å²) in [6.45, 7) is -0.0180. The molecule has 0 saturated heterocycles. The van der Waals surface area contributed by atoms with Crippen LogP contribution in [0.15, 0.2) is 53.3 Å². The van der Waals surface area contributed by atoms with Crippen LogP contribution in [-0.4, -0.2) is 33.1 Å². The van der Waals surface area contributed by atoms with E-state index in [0.717, 1.165) is 31.2 Å². The number of nitrogens with zero attached hydrogens (tertiary/aromatic N) is 1. The fourth-order valence-electron chi connectivity index (χ4n) is 4.13. The molecule has 0 aliphatic heterocycles. The predicted molar refractivity (Wildman–Crippen MR) is 109 cm³/mol. The lowest BCUT2D eigenvalue weighted by atomic mass is 9.99. The maximum Gasteiger partial charge on any atom is 0.326 e. The molecule has 1 heterocycles. The number of amides is 1. The normalized spacial score (nSPS) is 15.4. The van der Waals surface area contributed by atoms with Crippen molar-refractivity contribution in [1.29, 1.82) is 0 Å². The molecule has 4 rings (SSSR count). The summed E-state index contributed by atoms with van der Waals surface area (Å²) in [7, 11) is 0. The molecule has 3 aromatic rings. The highest BCUT2D eigenvalue weighted by atomic mass is 16.4. The van der Waals surface area contributed by atoms with Crippen LogP contribution in [-0.2, 0) is 4.79 Å². The van der Waals surface area contributed by atoms with Crippen LogP contribution in [0.5, 0.6) is 0 Å². The average Bonchev–Trinajstić information content (AvgIpc) is 3.34. The van der Waals surface area contributed by atoms with Crippen LogP contribution in [0.4, 0.5) is 0 Å². The quantitative estimate of drug-likeness (QED) is 0.599. The van der Waals surface area contributed by atoms with Gasteiger partial charge in [0.05, 0.1) is 17.0 Å². The molecule has 0 radical (unpaired) electrons. The highest BCUT2D eigenvalue weighted by Crippen LogP contribution is 2.30. The van der Waals surface area contributed by atoms with Gasteiger partial charge in [-0.3, -0.25) is 14.2 Å². The Labute approximate surface area is 167 Å². The Morgan fingerprint density at radius 3 is 2.55 bits per heavy atom. The van der Waals surface area contributed by atoms with Crippen LogP contribution in [0.1, 0.15) is 53.6 Å². The predicted octanol–water partition coefficient (Wildman–Crippen LogP) is 3.04. The topological polar surface area (TPSA) is 104 Å². The van der Waals surface area contributed by atoms with E-state index in [9.17, 15) is 19.5 Å². The summed E-state index contributed by atoms with van der Waals surface area (Å²) >= 11 is 0. The number of carboxylic acid groups (broad SMARTS) is 1. The second-order valence-corrected chi connectivity index (χ2v) is 7.48. The van der Waals surface area contributed by atoms with E-state index in [1.54, 1.807) is 47.0 Å². The third-order valence-electron chi connectivity index (χ3n) is 5.64. The second-order valence-electron chi connectivity index (χ2n) is 7.48. The Kier molecular flexibility index (Phi) is 5.20. The molecule has 1 aromatic heterocycles. The first-order valence-corrected chi connectivity index (χ1v) is 9.85. The number of hydrogen-bond acceptors (Lipinski definition) is 3. The number of hydrogen-bond donors (Lipinski definition) is 3. The number of H-pyrrole nitrogens is 1. The smallest absolute Gasteiger partial charge is 0.326 e. The van der Waals surface area contributed by atoms with Gasteiger partial charge in [-0.2, -0.15) is 0 Å². The van der Waals surface area contributed by atoms with Crippen molar-refractivity contribution >= 4 is 22.9 Å². The van der Waals surface area contributed by atoms with Gasteiger partial charge in [-0.25, -0.2) is 4.79 Å². The molecule has 2 aromatic carbocycles. The Bertz CT molecular complexity index is 1090. The lowest BCUT2D eigenvalue weighted by Gasteiger charge is -2.14. The number of fused-ring (bicyclic) bond motifs is 1. The zero-order chi connectivity index (χ0) is 20.4. The van der Waals surface area contributed by atoms with Crippen LogP contribution in [0.2, 0.25) is 0 Å². The van der Waals surface area contributed by atoms with Crippen molar-refractivity contribution in [2.45, 2.75) is 37.6 Å². The van der Waals surface area contributed by atoms with Gasteiger partial charge in [0.2, 0.25) is 0 Å². The monoisotopic (exact) mass is 393 g/mol. The second kappa shape index (κ2) is 7.95. The van der Waals surface area contributed by atoms with Crippen molar-refractivity contribution < 1.29 is 14.7 Å². The Balaban J connectivity index is 1.53. The van der Waals surface area contributed by atoms with Gasteiger partial charge in [-0.05, 0) is 36.6 Å². The minimum Gasteiger partial charge on any atom is -0.481 e. The average molecular weight is 393 g/mol. The molecule has 1 aliphatic carbocycles. The number of benzene rings is 2. The van der Waals surface area contributed by atoms with Crippen molar-refractivity contribution in [3.8, 4) is 0 Å². The number of aromatic nitrogens is 2. The number of carbonyl (C=O) groups is 2. The Morgan fingerprint density at radius 2 is 1.86 bits per heavy atom. The van der Waals surface area contributed by atoms with Crippen molar-refractivity contribution in [1.82, 2.24) is 14.9 Å². The first-order chi connectivity index (χ1) is 14.0. The zero-order valence-corrected chi connectivity index (χ0v) is 15.9. The van der Waals surface area contributed by atoms with Crippen molar-refractivity contribution in [2.24, 2.45) is 0 Å². The van der Waals surface area contributed by atoms with Crippen LogP contribution in [0.25, 0.3) is 11.0 Å². The highest BCUT2D eigenvalue weighted by Gasteiger charge is 2.23. The standard InChI is InChI=1S/C22H23N3O4/c26-20(23-13-17(21(27)28)14-6-2-1-3-7-14)15-10-11-19-18(12-15)24-22(29)25(19)16-8-4-5-9-16/h1-3,6-7,10-12,16-17H,4-5,8-9,13H2,(H,23,26)(H,24,29)(H,27,28). The molecule has 1 unspecified atom stereocenters. The minimum absolute atomic E-state index is 0.0180. The van der Waals surface area contributed by atoms with E-state index >= 15 is 0 Å². The summed E-state index contributed by atoms with van der Waals surface area (Å²) < 4.78 is 1.79. The van der Waals surface area contributed by atoms with E-state index in [-0.39, 0.29) is 24.2 Å². The van der Waals surface area contributed by atoms with Crippen LogP contribution in [0, 0.1) is 0 Å². The summed E-state index contributed by atoms with van der Waals surface area (Å²) in [4.78, 5) is 39.4. The Morgan fingerprint density at radius 1 is 1.14 bits per heavy atom. The molecule has 7 heteroatoms. The SMILES string of the molecule is O=C(NCC(C(=O)O)c1ccccc1)c1ccc2c(c1)[nH]c(=O)n2C1CCCC1. The first-order valence-electron chi connectivity index (χ1n) is 9.85. The van der Waals surface area contributed by atoms with Crippen molar-refractivity contribution in [3.63, 3.8) is 0 Å². The molecule has 1 aliphatic rings. The van der Waals surface area contributed by atoms with Gasteiger partial charge in [-0.15, -0.1) is 0 Å². The molecule has 1 amide bonds. The third kappa shape index (κ3) is 3.81. The molecule has 150 valence electrons. The summed E-state index contributed by atoms with van der Waals surface area (Å²) in [6, 6.07) is 14.1. The third-order valence-corrected chi connectivity index (χ3v) is 5.64. The molecule has 7 nitrogen and oxygen atoms in total. The molecule has 1 fully saturated rings. The van der Waals surface area contributed by atoms with E-state index < -0.39 is 11.9 Å². The van der Waals surface area contributed by atoms with Gasteiger partial charge in [0.1, 0.15) is 0 Å². The van der Waals surface area contributed by atoms with E-state index in [2.05, 4.69) is 10.3 Å². The number of rotatable bonds is 6. The van der Waals surface area contributed by atoms with Gasteiger partial charge < -0.3 is 15.4 Å². The van der Waals surface area contributed by atoms with Gasteiger partial charge in [0.15, 0.2) is 0 Å². The molecule has 0 spiro atoms. The molecule has 29 heavy (non-hydrogen) atoms. The van der Waals surface area contributed by atoms with Crippen molar-refractivity contribution in [3.05, 3.63) is 70.1 Å². The summed E-state index contributed by atoms with van der Waals surface area (Å²) in [5.41, 5.74) is 2.28. The van der Waals surface area contributed by atoms with Crippen LogP contribution >= 0.6 is 0 Å². The number of carbonyl (C=O) groups excluding carboxylic acids is 1. The molecule has 0 bridgehead atoms. The van der Waals surface area contributed by atoms with E-state index in [4.69, 9.17) is 0 Å². The molecule has 3 N–H and O–H groups in total.